The third-order valence-electron chi connectivity index (χ3n) is 1.65. The predicted molar refractivity (Wildman–Crippen MR) is 46.7 cm³/mol. The number of hydrogen-bond donors (Lipinski definition) is 1. The highest BCUT2D eigenvalue weighted by Crippen LogP contribution is 2.23. The van der Waals surface area contributed by atoms with Crippen LogP contribution >= 0.6 is 12.2 Å². The number of thiocarbonyl (C=S) groups is 1. The molecule has 0 radical (unpaired) electrons. The molecule has 1 rings (SSSR count). The van der Waals surface area contributed by atoms with Crippen LogP contribution in [0.25, 0.3) is 0 Å². The molecule has 0 aliphatic heterocycles. The van der Waals surface area contributed by atoms with E-state index in [0.29, 0.717) is 0 Å². The molecule has 0 heterocycles. The van der Waals surface area contributed by atoms with Crippen LogP contribution in [-0.2, 0) is 6.42 Å². The van der Waals surface area contributed by atoms with Crippen molar-refractivity contribution in [3.05, 3.63) is 34.6 Å². The molecule has 0 aliphatic carbocycles. The van der Waals surface area contributed by atoms with E-state index in [1.54, 1.807) is 0 Å². The van der Waals surface area contributed by atoms with Crippen LogP contribution in [0.5, 0.6) is 0 Å². The van der Waals surface area contributed by atoms with Gasteiger partial charge in [0.05, 0.1) is 4.99 Å². The van der Waals surface area contributed by atoms with Gasteiger partial charge in [-0.2, -0.15) is 0 Å². The zero-order valence-corrected chi connectivity index (χ0v) is 7.90. The highest BCUT2D eigenvalue weighted by atomic mass is 32.1. The summed E-state index contributed by atoms with van der Waals surface area (Å²) in [6.45, 7) is 0. The third-order valence-corrected chi connectivity index (χ3v) is 1.80. The van der Waals surface area contributed by atoms with Crippen molar-refractivity contribution in [3.8, 4) is 0 Å². The van der Waals surface area contributed by atoms with E-state index < -0.39 is 41.1 Å². The van der Waals surface area contributed by atoms with Crippen molar-refractivity contribution >= 4 is 17.2 Å². The van der Waals surface area contributed by atoms with Crippen molar-refractivity contribution in [1.29, 1.82) is 0 Å². The summed E-state index contributed by atoms with van der Waals surface area (Å²) < 4.78 is 63.6. The van der Waals surface area contributed by atoms with E-state index in [9.17, 15) is 22.0 Å². The second kappa shape index (κ2) is 4.09. The van der Waals surface area contributed by atoms with E-state index in [1.165, 1.54) is 0 Å². The molecule has 0 aromatic heterocycles. The Morgan fingerprint density at radius 2 is 1.20 bits per heavy atom. The molecule has 15 heavy (non-hydrogen) atoms. The Labute approximate surface area is 86.7 Å². The molecule has 82 valence electrons. The maximum Gasteiger partial charge on any atom is 0.200 e. The van der Waals surface area contributed by atoms with Gasteiger partial charge in [-0.1, -0.05) is 12.2 Å². The molecule has 0 saturated carbocycles. The molecule has 0 fully saturated rings. The van der Waals surface area contributed by atoms with Crippen LogP contribution in [0.15, 0.2) is 0 Å². The summed E-state index contributed by atoms with van der Waals surface area (Å²) in [7, 11) is 0. The highest BCUT2D eigenvalue weighted by Gasteiger charge is 2.25. The maximum absolute atomic E-state index is 12.9. The standard InChI is InChI=1S/C8H4F5NS/c9-4-2(1-3(14)15)5(10)7(12)8(13)6(4)11/h1H2,(H2,14,15). The van der Waals surface area contributed by atoms with Crippen molar-refractivity contribution in [2.75, 3.05) is 0 Å². The lowest BCUT2D eigenvalue weighted by Crippen LogP contribution is -2.16. The third kappa shape index (κ3) is 2.06. The normalized spacial score (nSPS) is 10.5. The molecule has 1 aromatic rings. The van der Waals surface area contributed by atoms with Gasteiger partial charge in [-0.05, 0) is 0 Å². The summed E-state index contributed by atoms with van der Waals surface area (Å²) in [6, 6.07) is 0. The average Bonchev–Trinajstić information content (AvgIpc) is 2.18. The minimum absolute atomic E-state index is 0.363. The minimum Gasteiger partial charge on any atom is -0.393 e. The van der Waals surface area contributed by atoms with Crippen molar-refractivity contribution in [1.82, 2.24) is 0 Å². The van der Waals surface area contributed by atoms with E-state index in [0.717, 1.165) is 0 Å². The van der Waals surface area contributed by atoms with Crippen molar-refractivity contribution in [2.24, 2.45) is 5.73 Å². The fourth-order valence-corrected chi connectivity index (χ4v) is 1.12. The second-order valence-corrected chi connectivity index (χ2v) is 3.22. The van der Waals surface area contributed by atoms with Crippen LogP contribution in [0.3, 0.4) is 0 Å². The van der Waals surface area contributed by atoms with Gasteiger partial charge in [-0.3, -0.25) is 0 Å². The van der Waals surface area contributed by atoms with Crippen LogP contribution < -0.4 is 5.73 Å². The first-order valence-corrected chi connectivity index (χ1v) is 4.05. The zero-order chi connectivity index (χ0) is 11.7. The molecule has 2 N–H and O–H groups in total. The van der Waals surface area contributed by atoms with Gasteiger partial charge in [0.1, 0.15) is 0 Å². The average molecular weight is 241 g/mol. The van der Waals surface area contributed by atoms with Gasteiger partial charge in [-0.15, -0.1) is 0 Å². The van der Waals surface area contributed by atoms with Crippen LogP contribution in [0.2, 0.25) is 0 Å². The zero-order valence-electron chi connectivity index (χ0n) is 7.08. The largest absolute Gasteiger partial charge is 0.393 e. The Balaban J connectivity index is 3.45. The summed E-state index contributed by atoms with van der Waals surface area (Å²) in [5.41, 5.74) is 3.95. The molecule has 0 unspecified atom stereocenters. The molecular weight excluding hydrogens is 237 g/mol. The number of hydrogen-bond acceptors (Lipinski definition) is 1. The van der Waals surface area contributed by atoms with Crippen molar-refractivity contribution < 1.29 is 22.0 Å². The van der Waals surface area contributed by atoms with Gasteiger partial charge in [0.25, 0.3) is 0 Å². The summed E-state index contributed by atoms with van der Waals surface area (Å²) in [4.78, 5) is -0.363. The Bertz CT molecular complexity index is 403. The van der Waals surface area contributed by atoms with Gasteiger partial charge in [0, 0.05) is 12.0 Å². The molecule has 0 spiro atoms. The minimum atomic E-state index is -2.20. The monoisotopic (exact) mass is 241 g/mol. The summed E-state index contributed by atoms with van der Waals surface area (Å²) in [5, 5.41) is 0. The maximum atomic E-state index is 12.9. The molecule has 0 aliphatic rings. The fourth-order valence-electron chi connectivity index (χ4n) is 0.980. The Hall–Kier alpha value is -1.24. The topological polar surface area (TPSA) is 26.0 Å². The van der Waals surface area contributed by atoms with Crippen LogP contribution in [0, 0.1) is 29.1 Å². The molecule has 0 saturated heterocycles. The summed E-state index contributed by atoms with van der Waals surface area (Å²) in [6.07, 6.45) is -0.679. The number of halogens is 5. The highest BCUT2D eigenvalue weighted by molar-refractivity contribution is 7.80. The Morgan fingerprint density at radius 3 is 1.53 bits per heavy atom. The first kappa shape index (κ1) is 11.8. The number of benzene rings is 1. The van der Waals surface area contributed by atoms with Crippen molar-refractivity contribution in [3.63, 3.8) is 0 Å². The van der Waals surface area contributed by atoms with E-state index in [1.807, 2.05) is 0 Å². The van der Waals surface area contributed by atoms with Gasteiger partial charge in [0.2, 0.25) is 5.82 Å². The van der Waals surface area contributed by atoms with Gasteiger partial charge in [-0.25, -0.2) is 22.0 Å². The SMILES string of the molecule is NC(=S)Cc1c(F)c(F)c(F)c(F)c1F. The molecule has 1 nitrogen and oxygen atoms in total. The van der Waals surface area contributed by atoms with Crippen molar-refractivity contribution in [2.45, 2.75) is 6.42 Å². The van der Waals surface area contributed by atoms with Gasteiger partial charge in [0.15, 0.2) is 23.3 Å². The molecule has 7 heteroatoms. The van der Waals surface area contributed by atoms with Gasteiger partial charge < -0.3 is 5.73 Å². The molecular formula is C8H4F5NS. The first-order valence-electron chi connectivity index (χ1n) is 3.64. The van der Waals surface area contributed by atoms with Crippen LogP contribution in [0.4, 0.5) is 22.0 Å². The van der Waals surface area contributed by atoms with E-state index in [2.05, 4.69) is 12.2 Å². The smallest absolute Gasteiger partial charge is 0.200 e. The molecule has 1 aromatic carbocycles. The molecule has 0 atom stereocenters. The van der Waals surface area contributed by atoms with E-state index in [4.69, 9.17) is 5.73 Å². The van der Waals surface area contributed by atoms with Crippen LogP contribution in [-0.4, -0.2) is 4.99 Å². The lowest BCUT2D eigenvalue weighted by Gasteiger charge is -2.06. The number of rotatable bonds is 2. The summed E-state index contributed by atoms with van der Waals surface area (Å²) >= 11 is 4.32. The van der Waals surface area contributed by atoms with Crippen LogP contribution in [0.1, 0.15) is 5.56 Å². The summed E-state index contributed by atoms with van der Waals surface area (Å²) in [5.74, 6) is -10.0. The van der Waals surface area contributed by atoms with E-state index >= 15 is 0 Å². The Morgan fingerprint density at radius 1 is 0.867 bits per heavy atom. The number of nitrogens with two attached hydrogens (primary N) is 1. The molecule has 0 amide bonds. The quantitative estimate of drug-likeness (QED) is 0.372. The van der Waals surface area contributed by atoms with E-state index in [-0.39, 0.29) is 4.99 Å². The lowest BCUT2D eigenvalue weighted by molar-refractivity contribution is 0.372. The fraction of sp³-hybridized carbons (Fsp3) is 0.125. The molecule has 0 bridgehead atoms. The second-order valence-electron chi connectivity index (χ2n) is 2.69. The lowest BCUT2D eigenvalue weighted by atomic mass is 10.1. The first-order chi connectivity index (χ1) is 6.86. The Kier molecular flexibility index (Phi) is 3.23. The predicted octanol–water partition coefficient (Wildman–Crippen LogP) is 2.21. The van der Waals surface area contributed by atoms with Gasteiger partial charge >= 0.3 is 0 Å².